The van der Waals surface area contributed by atoms with Crippen molar-refractivity contribution in [2.24, 2.45) is 5.92 Å². The van der Waals surface area contributed by atoms with Crippen LogP contribution >= 0.6 is 0 Å². The van der Waals surface area contributed by atoms with Crippen LogP contribution in [-0.2, 0) is 9.47 Å². The van der Waals surface area contributed by atoms with E-state index >= 15 is 0 Å². The van der Waals surface area contributed by atoms with Crippen molar-refractivity contribution in [1.29, 1.82) is 0 Å². The van der Waals surface area contributed by atoms with E-state index < -0.39 is 0 Å². The van der Waals surface area contributed by atoms with E-state index in [1.54, 1.807) is 6.08 Å². The van der Waals surface area contributed by atoms with Crippen LogP contribution in [0.4, 0.5) is 0 Å². The summed E-state index contributed by atoms with van der Waals surface area (Å²) in [6, 6.07) is 0. The van der Waals surface area contributed by atoms with Gasteiger partial charge in [-0.15, -0.1) is 13.2 Å². The van der Waals surface area contributed by atoms with Crippen molar-refractivity contribution in [1.82, 2.24) is 0 Å². The molecule has 102 valence electrons. The summed E-state index contributed by atoms with van der Waals surface area (Å²) < 4.78 is 11.5. The van der Waals surface area contributed by atoms with E-state index in [9.17, 15) is 0 Å². The zero-order valence-corrected chi connectivity index (χ0v) is 11.6. The molecule has 3 atom stereocenters. The molecule has 1 rings (SSSR count). The van der Waals surface area contributed by atoms with Gasteiger partial charge in [0.05, 0.1) is 18.8 Å². The fourth-order valence-electron chi connectivity index (χ4n) is 2.35. The molecule has 0 radical (unpaired) electrons. The normalized spacial score (nSPS) is 25.1. The lowest BCUT2D eigenvalue weighted by molar-refractivity contribution is 0.0236. The summed E-state index contributed by atoms with van der Waals surface area (Å²) in [6.07, 6.45) is 8.31. The number of allylic oxidation sites excluding steroid dienone is 1. The fraction of sp³-hybridized carbons (Fsp3) is 0.625. The van der Waals surface area contributed by atoms with E-state index in [1.165, 1.54) is 5.57 Å². The Hall–Kier alpha value is -0.860. The number of rotatable bonds is 9. The van der Waals surface area contributed by atoms with Gasteiger partial charge in [-0.25, -0.2) is 0 Å². The van der Waals surface area contributed by atoms with Gasteiger partial charge in [-0.1, -0.05) is 25.7 Å². The summed E-state index contributed by atoms with van der Waals surface area (Å²) >= 11 is 0. The van der Waals surface area contributed by atoms with Gasteiger partial charge in [0.2, 0.25) is 0 Å². The maximum absolute atomic E-state index is 6.03. The van der Waals surface area contributed by atoms with Crippen LogP contribution < -0.4 is 0 Å². The van der Waals surface area contributed by atoms with Crippen LogP contribution in [0.1, 0.15) is 32.6 Å². The smallest absolute Gasteiger partial charge is 0.0790 e. The molecule has 1 aliphatic rings. The first-order chi connectivity index (χ1) is 8.67. The Morgan fingerprint density at radius 1 is 1.44 bits per heavy atom. The van der Waals surface area contributed by atoms with Crippen LogP contribution in [0.3, 0.4) is 0 Å². The highest BCUT2D eigenvalue weighted by molar-refractivity contribution is 5.09. The Morgan fingerprint density at radius 2 is 2.22 bits per heavy atom. The Labute approximate surface area is 111 Å². The van der Waals surface area contributed by atoms with Crippen molar-refractivity contribution in [2.45, 2.75) is 44.8 Å². The average molecular weight is 250 g/mol. The van der Waals surface area contributed by atoms with Gasteiger partial charge in [-0.2, -0.15) is 0 Å². The molecule has 2 heteroatoms. The van der Waals surface area contributed by atoms with E-state index in [1.807, 2.05) is 6.08 Å². The second kappa shape index (κ2) is 8.28. The lowest BCUT2D eigenvalue weighted by Gasteiger charge is -2.17. The number of hydrogen-bond acceptors (Lipinski definition) is 2. The molecule has 18 heavy (non-hydrogen) atoms. The maximum atomic E-state index is 6.03. The minimum atomic E-state index is 0.231. The van der Waals surface area contributed by atoms with Crippen molar-refractivity contribution in [3.8, 4) is 0 Å². The van der Waals surface area contributed by atoms with Gasteiger partial charge in [0.1, 0.15) is 0 Å². The number of hydrogen-bond donors (Lipinski definition) is 0. The molecule has 0 N–H and O–H groups in total. The van der Waals surface area contributed by atoms with Gasteiger partial charge in [0, 0.05) is 6.61 Å². The maximum Gasteiger partial charge on any atom is 0.0790 e. The quantitative estimate of drug-likeness (QED) is 0.456. The van der Waals surface area contributed by atoms with Crippen LogP contribution in [-0.4, -0.2) is 25.4 Å². The molecular formula is C16H26O2. The molecule has 1 heterocycles. The minimum absolute atomic E-state index is 0.231. The summed E-state index contributed by atoms with van der Waals surface area (Å²) in [5, 5.41) is 0. The molecule has 0 bridgehead atoms. The lowest BCUT2D eigenvalue weighted by atomic mass is 9.99. The van der Waals surface area contributed by atoms with E-state index in [2.05, 4.69) is 26.7 Å². The Bertz CT molecular complexity index is 283. The average Bonchev–Trinajstić information content (AvgIpc) is 2.67. The summed E-state index contributed by atoms with van der Waals surface area (Å²) in [7, 11) is 0. The minimum Gasteiger partial charge on any atom is -0.377 e. The standard InChI is InChI=1S/C16H26O2/c1-5-7-8-16-14(4)11-15(18-16)10-13(3)12-17-9-6-2/h5-6,13,15-16H,1-2,4,7-12H2,3H3. The summed E-state index contributed by atoms with van der Waals surface area (Å²) in [5.41, 5.74) is 1.24. The van der Waals surface area contributed by atoms with Gasteiger partial charge in [-0.05, 0) is 37.2 Å². The molecule has 0 aliphatic carbocycles. The van der Waals surface area contributed by atoms with Gasteiger partial charge in [0.25, 0.3) is 0 Å². The topological polar surface area (TPSA) is 18.5 Å². The molecule has 1 saturated heterocycles. The van der Waals surface area contributed by atoms with Gasteiger partial charge >= 0.3 is 0 Å². The molecule has 0 spiro atoms. The zero-order chi connectivity index (χ0) is 13.4. The van der Waals surface area contributed by atoms with Crippen LogP contribution in [0.25, 0.3) is 0 Å². The molecule has 0 aromatic heterocycles. The molecule has 0 aromatic rings. The summed E-state index contributed by atoms with van der Waals surface area (Å²) in [5.74, 6) is 0.515. The third-order valence-electron chi connectivity index (χ3n) is 3.24. The Morgan fingerprint density at radius 3 is 2.89 bits per heavy atom. The molecule has 2 nitrogen and oxygen atoms in total. The van der Waals surface area contributed by atoms with Crippen molar-refractivity contribution in [3.63, 3.8) is 0 Å². The van der Waals surface area contributed by atoms with Crippen molar-refractivity contribution in [3.05, 3.63) is 37.5 Å². The fourth-order valence-corrected chi connectivity index (χ4v) is 2.35. The van der Waals surface area contributed by atoms with Gasteiger partial charge in [-0.3, -0.25) is 0 Å². The summed E-state index contributed by atoms with van der Waals surface area (Å²) in [6.45, 7) is 15.1. The van der Waals surface area contributed by atoms with E-state index in [4.69, 9.17) is 9.47 Å². The van der Waals surface area contributed by atoms with E-state index in [0.717, 1.165) is 32.3 Å². The van der Waals surface area contributed by atoms with E-state index in [0.29, 0.717) is 18.6 Å². The molecule has 0 saturated carbocycles. The molecule has 3 unspecified atom stereocenters. The first-order valence-corrected chi connectivity index (χ1v) is 6.80. The second-order valence-corrected chi connectivity index (χ2v) is 5.14. The highest BCUT2D eigenvalue weighted by Crippen LogP contribution is 2.31. The Balaban J connectivity index is 2.25. The Kier molecular flexibility index (Phi) is 6.99. The van der Waals surface area contributed by atoms with Crippen LogP contribution in [0.15, 0.2) is 37.5 Å². The first-order valence-electron chi connectivity index (χ1n) is 6.80. The van der Waals surface area contributed by atoms with Crippen LogP contribution in [0.5, 0.6) is 0 Å². The third-order valence-corrected chi connectivity index (χ3v) is 3.24. The predicted molar refractivity (Wildman–Crippen MR) is 76.6 cm³/mol. The van der Waals surface area contributed by atoms with Gasteiger partial charge < -0.3 is 9.47 Å². The van der Waals surface area contributed by atoms with E-state index in [-0.39, 0.29) is 6.10 Å². The zero-order valence-electron chi connectivity index (χ0n) is 11.6. The molecule has 1 fully saturated rings. The third kappa shape index (κ3) is 5.19. The van der Waals surface area contributed by atoms with Crippen molar-refractivity contribution < 1.29 is 9.47 Å². The molecule has 1 aliphatic heterocycles. The molecular weight excluding hydrogens is 224 g/mol. The SMILES string of the molecule is C=CCCC1OC(CC(C)COCC=C)CC1=C. The number of ether oxygens (including phenoxy) is 2. The predicted octanol–water partition coefficient (Wildman–Crippen LogP) is 3.90. The second-order valence-electron chi connectivity index (χ2n) is 5.14. The van der Waals surface area contributed by atoms with Crippen molar-refractivity contribution >= 4 is 0 Å². The molecule has 0 aromatic carbocycles. The highest BCUT2D eigenvalue weighted by Gasteiger charge is 2.28. The monoisotopic (exact) mass is 250 g/mol. The summed E-state index contributed by atoms with van der Waals surface area (Å²) in [4.78, 5) is 0. The largest absolute Gasteiger partial charge is 0.377 e. The van der Waals surface area contributed by atoms with Crippen LogP contribution in [0.2, 0.25) is 0 Å². The molecule has 0 amide bonds. The highest BCUT2D eigenvalue weighted by atomic mass is 16.5. The van der Waals surface area contributed by atoms with Crippen LogP contribution in [0, 0.1) is 5.92 Å². The van der Waals surface area contributed by atoms with Gasteiger partial charge in [0.15, 0.2) is 0 Å². The lowest BCUT2D eigenvalue weighted by Crippen LogP contribution is -2.17. The first kappa shape index (κ1) is 15.2. The van der Waals surface area contributed by atoms with Crippen molar-refractivity contribution in [2.75, 3.05) is 13.2 Å².